The number of hydrogen-bond donors (Lipinski definition) is 1. The van der Waals surface area contributed by atoms with Crippen LogP contribution in [0.15, 0.2) is 36.7 Å². The summed E-state index contributed by atoms with van der Waals surface area (Å²) in [6.07, 6.45) is 6.47. The number of hydrogen-bond acceptors (Lipinski definition) is 3. The van der Waals surface area contributed by atoms with Gasteiger partial charge in [-0.25, -0.2) is 4.98 Å². The lowest BCUT2D eigenvalue weighted by atomic mass is 10.0. The minimum Gasteiger partial charge on any atom is -0.293 e. The van der Waals surface area contributed by atoms with Crippen molar-refractivity contribution in [1.29, 1.82) is 0 Å². The van der Waals surface area contributed by atoms with E-state index in [1.165, 1.54) is 24.8 Å². The van der Waals surface area contributed by atoms with Crippen LogP contribution in [-0.4, -0.2) is 33.2 Å². The van der Waals surface area contributed by atoms with E-state index in [0.29, 0.717) is 6.04 Å². The zero-order valence-electron chi connectivity index (χ0n) is 11.1. The van der Waals surface area contributed by atoms with Gasteiger partial charge in [-0.15, -0.1) is 0 Å². The monoisotopic (exact) mass is 256 g/mol. The molecule has 0 bridgehead atoms. The Kier molecular flexibility index (Phi) is 3.89. The summed E-state index contributed by atoms with van der Waals surface area (Å²) in [6.45, 7) is 2.26. The van der Waals surface area contributed by atoms with Crippen LogP contribution < -0.4 is 0 Å². The van der Waals surface area contributed by atoms with E-state index in [-0.39, 0.29) is 0 Å². The standard InChI is InChI=1S/C15H20N4/c1-2-6-13(7-3-1)9-11-19-10-5-4-8-14(19)15-16-12-17-18-15/h1-3,6-7,12,14H,4-5,8-11H2,(H,16,17,18)/t14-/m1/s1. The lowest BCUT2D eigenvalue weighted by molar-refractivity contribution is 0.144. The van der Waals surface area contributed by atoms with Crippen LogP contribution in [0.4, 0.5) is 0 Å². The number of rotatable bonds is 4. The van der Waals surface area contributed by atoms with Crippen molar-refractivity contribution >= 4 is 0 Å². The highest BCUT2D eigenvalue weighted by atomic mass is 15.3. The highest BCUT2D eigenvalue weighted by Crippen LogP contribution is 2.28. The van der Waals surface area contributed by atoms with Gasteiger partial charge < -0.3 is 0 Å². The van der Waals surface area contributed by atoms with E-state index in [2.05, 4.69) is 50.4 Å². The highest BCUT2D eigenvalue weighted by Gasteiger charge is 2.25. The second kappa shape index (κ2) is 5.97. The molecule has 0 radical (unpaired) electrons. The normalized spacial score (nSPS) is 20.5. The lowest BCUT2D eigenvalue weighted by Gasteiger charge is -2.34. The van der Waals surface area contributed by atoms with Crippen LogP contribution in [0.5, 0.6) is 0 Å². The zero-order valence-corrected chi connectivity index (χ0v) is 11.1. The van der Waals surface area contributed by atoms with Crippen LogP contribution in [0.1, 0.15) is 36.7 Å². The summed E-state index contributed by atoms with van der Waals surface area (Å²) in [5.41, 5.74) is 1.41. The fourth-order valence-electron chi connectivity index (χ4n) is 2.86. The van der Waals surface area contributed by atoms with Crippen molar-refractivity contribution in [2.75, 3.05) is 13.1 Å². The molecule has 2 aromatic rings. The zero-order chi connectivity index (χ0) is 12.9. The number of aromatic amines is 1. The van der Waals surface area contributed by atoms with E-state index < -0.39 is 0 Å². The molecule has 4 nitrogen and oxygen atoms in total. The molecule has 0 amide bonds. The van der Waals surface area contributed by atoms with Crippen molar-refractivity contribution in [2.24, 2.45) is 0 Å². The molecule has 19 heavy (non-hydrogen) atoms. The Morgan fingerprint density at radius 2 is 2.11 bits per heavy atom. The fraction of sp³-hybridized carbons (Fsp3) is 0.467. The van der Waals surface area contributed by atoms with Gasteiger partial charge in [-0.2, -0.15) is 5.10 Å². The van der Waals surface area contributed by atoms with Gasteiger partial charge in [0.1, 0.15) is 12.2 Å². The second-order valence-electron chi connectivity index (χ2n) is 5.15. The molecule has 0 unspecified atom stereocenters. The molecular weight excluding hydrogens is 236 g/mol. The van der Waals surface area contributed by atoms with E-state index in [0.717, 1.165) is 25.3 Å². The van der Waals surface area contributed by atoms with Crippen LogP contribution in [0.2, 0.25) is 0 Å². The van der Waals surface area contributed by atoms with E-state index in [1.54, 1.807) is 6.33 Å². The predicted molar refractivity (Wildman–Crippen MR) is 74.7 cm³/mol. The van der Waals surface area contributed by atoms with Gasteiger partial charge in [-0.05, 0) is 31.4 Å². The molecule has 1 aliphatic rings. The van der Waals surface area contributed by atoms with Crippen molar-refractivity contribution in [1.82, 2.24) is 20.1 Å². The summed E-state index contributed by atoms with van der Waals surface area (Å²) in [7, 11) is 0. The molecule has 0 saturated carbocycles. The Labute approximate surface area is 113 Å². The second-order valence-corrected chi connectivity index (χ2v) is 5.15. The molecule has 1 saturated heterocycles. The summed E-state index contributed by atoms with van der Waals surface area (Å²) in [5, 5.41) is 7.02. The molecule has 0 spiro atoms. The van der Waals surface area contributed by atoms with Gasteiger partial charge >= 0.3 is 0 Å². The summed E-state index contributed by atoms with van der Waals surface area (Å²) >= 11 is 0. The molecule has 1 N–H and O–H groups in total. The van der Waals surface area contributed by atoms with Gasteiger partial charge in [-0.3, -0.25) is 10.00 Å². The first kappa shape index (κ1) is 12.4. The molecule has 2 heterocycles. The lowest BCUT2D eigenvalue weighted by Crippen LogP contribution is -2.35. The number of nitrogens with zero attached hydrogens (tertiary/aromatic N) is 3. The smallest absolute Gasteiger partial charge is 0.141 e. The molecule has 1 atom stereocenters. The van der Waals surface area contributed by atoms with Gasteiger partial charge in [0.15, 0.2) is 0 Å². The molecule has 0 aliphatic carbocycles. The maximum absolute atomic E-state index is 4.34. The Bertz CT molecular complexity index is 480. The number of H-pyrrole nitrogens is 1. The van der Waals surface area contributed by atoms with Crippen molar-refractivity contribution < 1.29 is 0 Å². The predicted octanol–water partition coefficient (Wildman–Crippen LogP) is 2.57. The molecule has 1 aliphatic heterocycles. The van der Waals surface area contributed by atoms with Gasteiger partial charge in [0.25, 0.3) is 0 Å². The molecular formula is C15H20N4. The summed E-state index contributed by atoms with van der Waals surface area (Å²) < 4.78 is 0. The Hall–Kier alpha value is -1.68. The third-order valence-corrected chi connectivity index (χ3v) is 3.89. The Balaban J connectivity index is 1.64. The van der Waals surface area contributed by atoms with Gasteiger partial charge in [0.2, 0.25) is 0 Å². The average molecular weight is 256 g/mol. The van der Waals surface area contributed by atoms with Crippen LogP contribution >= 0.6 is 0 Å². The molecule has 1 aromatic heterocycles. The number of likely N-dealkylation sites (tertiary alicyclic amines) is 1. The van der Waals surface area contributed by atoms with Crippen LogP contribution in [0.25, 0.3) is 0 Å². The van der Waals surface area contributed by atoms with Crippen molar-refractivity contribution in [3.63, 3.8) is 0 Å². The minimum absolute atomic E-state index is 0.417. The van der Waals surface area contributed by atoms with Gasteiger partial charge in [0.05, 0.1) is 6.04 Å². The van der Waals surface area contributed by atoms with Gasteiger partial charge in [0, 0.05) is 6.54 Å². The summed E-state index contributed by atoms with van der Waals surface area (Å²) in [4.78, 5) is 6.88. The van der Waals surface area contributed by atoms with E-state index in [4.69, 9.17) is 0 Å². The topological polar surface area (TPSA) is 44.8 Å². The highest BCUT2D eigenvalue weighted by molar-refractivity contribution is 5.15. The SMILES string of the molecule is c1ccc(CCN2CCCC[C@@H]2c2ncn[nH]2)cc1. The maximum atomic E-state index is 4.34. The van der Waals surface area contributed by atoms with Crippen molar-refractivity contribution in [3.05, 3.63) is 48.0 Å². The van der Waals surface area contributed by atoms with E-state index in [1.807, 2.05) is 0 Å². The maximum Gasteiger partial charge on any atom is 0.141 e. The first-order valence-corrected chi connectivity index (χ1v) is 7.07. The number of piperidine rings is 1. The molecule has 1 fully saturated rings. The summed E-state index contributed by atoms with van der Waals surface area (Å²) in [6, 6.07) is 11.1. The van der Waals surface area contributed by atoms with E-state index >= 15 is 0 Å². The van der Waals surface area contributed by atoms with Gasteiger partial charge in [-0.1, -0.05) is 36.8 Å². The summed E-state index contributed by atoms with van der Waals surface area (Å²) in [5.74, 6) is 1.02. The first-order valence-electron chi connectivity index (χ1n) is 7.07. The first-order chi connectivity index (χ1) is 9.43. The minimum atomic E-state index is 0.417. The Morgan fingerprint density at radius 3 is 2.89 bits per heavy atom. The van der Waals surface area contributed by atoms with Crippen LogP contribution in [-0.2, 0) is 6.42 Å². The molecule has 1 aromatic carbocycles. The average Bonchev–Trinajstić information content (AvgIpc) is 3.01. The third-order valence-electron chi connectivity index (χ3n) is 3.89. The Morgan fingerprint density at radius 1 is 1.21 bits per heavy atom. The fourth-order valence-corrected chi connectivity index (χ4v) is 2.86. The molecule has 4 heteroatoms. The van der Waals surface area contributed by atoms with Crippen molar-refractivity contribution in [3.8, 4) is 0 Å². The van der Waals surface area contributed by atoms with Crippen LogP contribution in [0, 0.1) is 0 Å². The molecule has 3 rings (SSSR count). The number of nitrogens with one attached hydrogen (secondary N) is 1. The van der Waals surface area contributed by atoms with Crippen LogP contribution in [0.3, 0.4) is 0 Å². The largest absolute Gasteiger partial charge is 0.293 e. The number of aromatic nitrogens is 3. The van der Waals surface area contributed by atoms with Crippen molar-refractivity contribution in [2.45, 2.75) is 31.7 Å². The third kappa shape index (κ3) is 3.01. The van der Waals surface area contributed by atoms with E-state index in [9.17, 15) is 0 Å². The number of benzene rings is 1. The quantitative estimate of drug-likeness (QED) is 0.914. The molecule has 100 valence electrons.